The minimum atomic E-state index is -1.01. The lowest BCUT2D eigenvalue weighted by molar-refractivity contribution is -0.136. The van der Waals surface area contributed by atoms with Crippen LogP contribution < -0.4 is 15.6 Å². The molecular formula is C17H14ClFN4O4. The number of fused-ring (bicyclic) bond motifs is 1. The van der Waals surface area contributed by atoms with Gasteiger partial charge >= 0.3 is 5.97 Å². The van der Waals surface area contributed by atoms with Gasteiger partial charge in [0.1, 0.15) is 29.5 Å². The number of hydrogen-bond donors (Lipinski definition) is 3. The molecule has 0 radical (unpaired) electrons. The Kier molecular flexibility index (Phi) is 5.63. The van der Waals surface area contributed by atoms with Crippen LogP contribution in [-0.2, 0) is 17.9 Å². The van der Waals surface area contributed by atoms with E-state index in [-0.39, 0.29) is 36.1 Å². The molecule has 3 rings (SSSR count). The molecule has 10 heteroatoms. The molecule has 0 atom stereocenters. The highest BCUT2D eigenvalue weighted by Crippen LogP contribution is 2.21. The molecule has 1 aromatic carbocycles. The summed E-state index contributed by atoms with van der Waals surface area (Å²) >= 11 is 5.71. The largest absolute Gasteiger partial charge is 0.486 e. The van der Waals surface area contributed by atoms with Gasteiger partial charge in [-0.3, -0.25) is 14.6 Å². The minimum absolute atomic E-state index is 0.0793. The zero-order valence-corrected chi connectivity index (χ0v) is 14.6. The number of carboxylic acid groups (broad SMARTS) is 1. The molecule has 3 N–H and O–H groups in total. The Labute approximate surface area is 157 Å². The molecule has 8 nitrogen and oxygen atoms in total. The van der Waals surface area contributed by atoms with E-state index in [1.54, 1.807) is 0 Å². The van der Waals surface area contributed by atoms with Crippen molar-refractivity contribution in [2.75, 3.05) is 6.54 Å². The second kappa shape index (κ2) is 8.11. The number of carboxylic acids is 1. The molecule has 0 saturated carbocycles. The van der Waals surface area contributed by atoms with Gasteiger partial charge in [0.2, 0.25) is 0 Å². The summed E-state index contributed by atoms with van der Waals surface area (Å²) in [6.45, 7) is -0.194. The molecule has 0 amide bonds. The first-order chi connectivity index (χ1) is 12.9. The molecule has 0 saturated heterocycles. The number of nitrogens with zero attached hydrogens (tertiary/aromatic N) is 2. The molecule has 0 spiro atoms. The quantitative estimate of drug-likeness (QED) is 0.561. The monoisotopic (exact) mass is 392 g/mol. The van der Waals surface area contributed by atoms with Gasteiger partial charge in [0, 0.05) is 18.8 Å². The highest BCUT2D eigenvalue weighted by atomic mass is 35.5. The van der Waals surface area contributed by atoms with E-state index in [1.165, 1.54) is 30.5 Å². The zero-order valence-electron chi connectivity index (χ0n) is 13.8. The third kappa shape index (κ3) is 4.57. The predicted octanol–water partition coefficient (Wildman–Crippen LogP) is 1.86. The molecule has 0 unspecified atom stereocenters. The summed E-state index contributed by atoms with van der Waals surface area (Å²) in [6.07, 6.45) is 1.45. The van der Waals surface area contributed by atoms with Crippen molar-refractivity contribution in [1.29, 1.82) is 0 Å². The SMILES string of the molecule is O=C(O)CNCc1nccc2c(=O)[nH]c(COc3ccc(F)c(Cl)c3)nc12. The first kappa shape index (κ1) is 18.7. The highest BCUT2D eigenvalue weighted by molar-refractivity contribution is 6.30. The maximum Gasteiger partial charge on any atom is 0.317 e. The Morgan fingerprint density at radius 1 is 1.37 bits per heavy atom. The second-order valence-corrected chi connectivity index (χ2v) is 5.94. The van der Waals surface area contributed by atoms with Crippen LogP contribution in [0.2, 0.25) is 5.02 Å². The van der Waals surface area contributed by atoms with E-state index in [0.717, 1.165) is 0 Å². The van der Waals surface area contributed by atoms with Crippen molar-refractivity contribution in [2.24, 2.45) is 0 Å². The first-order valence-corrected chi connectivity index (χ1v) is 8.19. The number of rotatable bonds is 7. The van der Waals surface area contributed by atoms with Crippen LogP contribution in [0.5, 0.6) is 5.75 Å². The van der Waals surface area contributed by atoms with Crippen LogP contribution in [0.1, 0.15) is 11.5 Å². The summed E-state index contributed by atoms with van der Waals surface area (Å²) in [5, 5.41) is 11.7. The van der Waals surface area contributed by atoms with Crippen molar-refractivity contribution in [3.05, 3.63) is 63.2 Å². The van der Waals surface area contributed by atoms with E-state index in [4.69, 9.17) is 21.4 Å². The zero-order chi connectivity index (χ0) is 19.4. The molecule has 2 aromatic heterocycles. The number of carbonyl (C=O) groups is 1. The van der Waals surface area contributed by atoms with E-state index in [0.29, 0.717) is 22.3 Å². The van der Waals surface area contributed by atoms with Gasteiger partial charge in [0.15, 0.2) is 0 Å². The number of pyridine rings is 1. The van der Waals surface area contributed by atoms with Crippen LogP contribution in [-0.4, -0.2) is 32.6 Å². The van der Waals surface area contributed by atoms with Crippen LogP contribution in [0.15, 0.2) is 35.3 Å². The van der Waals surface area contributed by atoms with Crippen molar-refractivity contribution in [3.63, 3.8) is 0 Å². The first-order valence-electron chi connectivity index (χ1n) is 7.81. The molecular weight excluding hydrogens is 379 g/mol. The van der Waals surface area contributed by atoms with Crippen LogP contribution in [0.25, 0.3) is 10.9 Å². The van der Waals surface area contributed by atoms with Crippen molar-refractivity contribution < 1.29 is 19.0 Å². The predicted molar refractivity (Wildman–Crippen MR) is 95.2 cm³/mol. The molecule has 2 heterocycles. The molecule has 0 aliphatic rings. The van der Waals surface area contributed by atoms with E-state index in [9.17, 15) is 14.0 Å². The minimum Gasteiger partial charge on any atom is -0.486 e. The Hall–Kier alpha value is -3.04. The number of hydrogen-bond acceptors (Lipinski definition) is 6. The smallest absolute Gasteiger partial charge is 0.317 e. The molecule has 27 heavy (non-hydrogen) atoms. The Bertz CT molecular complexity index is 1060. The van der Waals surface area contributed by atoms with Crippen molar-refractivity contribution in [2.45, 2.75) is 13.2 Å². The number of halogens is 2. The fraction of sp³-hybridized carbons (Fsp3) is 0.176. The Morgan fingerprint density at radius 2 is 2.19 bits per heavy atom. The van der Waals surface area contributed by atoms with Crippen molar-refractivity contribution >= 4 is 28.5 Å². The Morgan fingerprint density at radius 3 is 2.93 bits per heavy atom. The van der Waals surface area contributed by atoms with Gasteiger partial charge in [-0.1, -0.05) is 11.6 Å². The number of aromatic nitrogens is 3. The summed E-state index contributed by atoms with van der Waals surface area (Å²) in [5.41, 5.74) is 0.401. The molecule has 0 fully saturated rings. The summed E-state index contributed by atoms with van der Waals surface area (Å²) < 4.78 is 18.7. The van der Waals surface area contributed by atoms with Gasteiger partial charge in [-0.15, -0.1) is 0 Å². The number of aromatic amines is 1. The van der Waals surface area contributed by atoms with Crippen molar-refractivity contribution in [3.8, 4) is 5.75 Å². The fourth-order valence-corrected chi connectivity index (χ4v) is 2.54. The summed E-state index contributed by atoms with van der Waals surface area (Å²) in [4.78, 5) is 34.0. The normalized spacial score (nSPS) is 10.9. The summed E-state index contributed by atoms with van der Waals surface area (Å²) in [7, 11) is 0. The van der Waals surface area contributed by atoms with Crippen LogP contribution in [0, 0.1) is 5.82 Å². The second-order valence-electron chi connectivity index (χ2n) is 5.53. The fourth-order valence-electron chi connectivity index (χ4n) is 2.37. The average Bonchev–Trinajstić information content (AvgIpc) is 2.63. The number of ether oxygens (including phenoxy) is 1. The maximum absolute atomic E-state index is 13.2. The summed E-state index contributed by atoms with van der Waals surface area (Å²) in [5.74, 6) is -1.02. The molecule has 3 aromatic rings. The van der Waals surface area contributed by atoms with E-state index >= 15 is 0 Å². The van der Waals surface area contributed by atoms with E-state index < -0.39 is 11.8 Å². The van der Waals surface area contributed by atoms with Gasteiger partial charge in [-0.05, 0) is 18.2 Å². The van der Waals surface area contributed by atoms with Gasteiger partial charge in [0.05, 0.1) is 22.6 Å². The number of aliphatic carboxylic acids is 1. The maximum atomic E-state index is 13.2. The lowest BCUT2D eigenvalue weighted by atomic mass is 10.2. The third-order valence-electron chi connectivity index (χ3n) is 3.58. The van der Waals surface area contributed by atoms with Crippen LogP contribution >= 0.6 is 11.6 Å². The standard InChI is InChI=1S/C17H14ClFN4O4/c18-11-5-9(1-2-12(11)19)27-8-14-22-16-10(17(26)23-14)3-4-21-13(16)6-20-7-15(24)25/h1-5,20H,6-8H2,(H,24,25)(H,22,23,26). The average molecular weight is 393 g/mol. The van der Waals surface area contributed by atoms with Gasteiger partial charge in [0.25, 0.3) is 5.56 Å². The Balaban J connectivity index is 1.84. The van der Waals surface area contributed by atoms with E-state index in [2.05, 4.69) is 20.3 Å². The molecule has 0 aliphatic heterocycles. The van der Waals surface area contributed by atoms with Gasteiger partial charge < -0.3 is 20.1 Å². The topological polar surface area (TPSA) is 117 Å². The summed E-state index contributed by atoms with van der Waals surface area (Å²) in [6, 6.07) is 5.42. The van der Waals surface area contributed by atoms with Gasteiger partial charge in [-0.2, -0.15) is 0 Å². The molecule has 0 bridgehead atoms. The molecule has 140 valence electrons. The third-order valence-corrected chi connectivity index (χ3v) is 3.87. The number of H-pyrrole nitrogens is 1. The van der Waals surface area contributed by atoms with E-state index in [1.807, 2.05) is 0 Å². The highest BCUT2D eigenvalue weighted by Gasteiger charge is 2.11. The molecule has 0 aliphatic carbocycles. The van der Waals surface area contributed by atoms with Gasteiger partial charge in [-0.25, -0.2) is 9.37 Å². The number of benzene rings is 1. The van der Waals surface area contributed by atoms with Crippen LogP contribution in [0.4, 0.5) is 4.39 Å². The number of nitrogens with one attached hydrogen (secondary N) is 2. The lowest BCUT2D eigenvalue weighted by Gasteiger charge is -2.09. The van der Waals surface area contributed by atoms with Crippen LogP contribution in [0.3, 0.4) is 0 Å². The van der Waals surface area contributed by atoms with Crippen molar-refractivity contribution in [1.82, 2.24) is 20.3 Å². The lowest BCUT2D eigenvalue weighted by Crippen LogP contribution is -2.23.